The number of thiophene rings is 1. The molecule has 0 aliphatic heterocycles. The topological polar surface area (TPSA) is 21.3 Å². The second-order valence-electron chi connectivity index (χ2n) is 3.80. The molecule has 96 valence electrons. The number of hydrogen-bond donors (Lipinski definition) is 1. The van der Waals surface area contributed by atoms with Crippen molar-refractivity contribution in [2.24, 2.45) is 0 Å². The Labute approximate surface area is 133 Å². The minimum absolute atomic E-state index is 0.215. The maximum atomic E-state index is 5.26. The molecule has 1 atom stereocenters. The van der Waals surface area contributed by atoms with Crippen LogP contribution < -0.4 is 10.1 Å². The fourth-order valence-corrected chi connectivity index (χ4v) is 3.82. The van der Waals surface area contributed by atoms with Gasteiger partial charge in [-0.05, 0) is 80.3 Å². The first kappa shape index (κ1) is 14.3. The molecule has 18 heavy (non-hydrogen) atoms. The molecule has 1 aromatic heterocycles. The van der Waals surface area contributed by atoms with Crippen LogP contribution in [-0.2, 0) is 0 Å². The summed E-state index contributed by atoms with van der Waals surface area (Å²) in [5.41, 5.74) is 2.52. The molecule has 1 unspecified atom stereocenters. The van der Waals surface area contributed by atoms with Crippen LogP contribution in [0.5, 0.6) is 5.75 Å². The third-order valence-corrected chi connectivity index (χ3v) is 5.15. The molecule has 0 saturated heterocycles. The van der Waals surface area contributed by atoms with Crippen molar-refractivity contribution in [2.75, 3.05) is 14.2 Å². The molecule has 2 rings (SSSR count). The lowest BCUT2D eigenvalue weighted by atomic mass is 10.0. The first-order valence-corrected chi connectivity index (χ1v) is 8.15. The van der Waals surface area contributed by atoms with Gasteiger partial charge in [-0.3, -0.25) is 0 Å². The summed E-state index contributed by atoms with van der Waals surface area (Å²) in [7, 11) is 3.66. The van der Waals surface area contributed by atoms with Gasteiger partial charge in [-0.25, -0.2) is 0 Å². The van der Waals surface area contributed by atoms with Crippen LogP contribution in [0.4, 0.5) is 0 Å². The standard InChI is InChI=1S/C13H13BrINOS/c1-16-13(9-6-12(15)18-7-9)8-3-4-11(17-2)10(14)5-8/h3-7,13,16H,1-2H3. The quantitative estimate of drug-likeness (QED) is 0.714. The Hall–Kier alpha value is -0.110. The van der Waals surface area contributed by atoms with Gasteiger partial charge in [0.25, 0.3) is 0 Å². The predicted molar refractivity (Wildman–Crippen MR) is 88.6 cm³/mol. The van der Waals surface area contributed by atoms with Crippen LogP contribution in [0.15, 0.2) is 34.1 Å². The van der Waals surface area contributed by atoms with Gasteiger partial charge in [0.15, 0.2) is 0 Å². The summed E-state index contributed by atoms with van der Waals surface area (Å²) >= 11 is 7.64. The van der Waals surface area contributed by atoms with Crippen molar-refractivity contribution < 1.29 is 4.74 Å². The summed E-state index contributed by atoms with van der Waals surface area (Å²) in [6, 6.07) is 8.61. The van der Waals surface area contributed by atoms with E-state index in [0.29, 0.717) is 0 Å². The predicted octanol–water partition coefficient (Wildman–Crippen LogP) is 4.43. The lowest BCUT2D eigenvalue weighted by Crippen LogP contribution is -2.17. The van der Waals surface area contributed by atoms with Gasteiger partial charge >= 0.3 is 0 Å². The molecule has 1 aromatic carbocycles. The maximum Gasteiger partial charge on any atom is 0.133 e. The van der Waals surface area contributed by atoms with E-state index < -0.39 is 0 Å². The third-order valence-electron chi connectivity index (χ3n) is 2.72. The Balaban J connectivity index is 2.36. The third kappa shape index (κ3) is 3.07. The summed E-state index contributed by atoms with van der Waals surface area (Å²) in [5, 5.41) is 5.55. The Bertz CT molecular complexity index is 544. The Morgan fingerprint density at radius 3 is 2.61 bits per heavy atom. The fourth-order valence-electron chi connectivity index (χ4n) is 1.86. The van der Waals surface area contributed by atoms with Crippen LogP contribution in [0.1, 0.15) is 17.2 Å². The maximum absolute atomic E-state index is 5.26. The number of benzene rings is 1. The zero-order valence-corrected chi connectivity index (χ0v) is 14.6. The van der Waals surface area contributed by atoms with E-state index in [2.05, 4.69) is 67.4 Å². The first-order valence-electron chi connectivity index (χ1n) is 5.40. The molecule has 0 spiro atoms. The fraction of sp³-hybridized carbons (Fsp3) is 0.231. The van der Waals surface area contributed by atoms with E-state index in [1.165, 1.54) is 14.0 Å². The molecule has 0 radical (unpaired) electrons. The zero-order chi connectivity index (χ0) is 13.1. The molecule has 1 N–H and O–H groups in total. The Kier molecular flexibility index (Phi) is 5.06. The summed E-state index contributed by atoms with van der Waals surface area (Å²) < 4.78 is 7.54. The van der Waals surface area contributed by atoms with Crippen molar-refractivity contribution >= 4 is 49.9 Å². The van der Waals surface area contributed by atoms with Gasteiger partial charge < -0.3 is 10.1 Å². The highest BCUT2D eigenvalue weighted by atomic mass is 127. The molecule has 0 aliphatic carbocycles. The highest BCUT2D eigenvalue weighted by molar-refractivity contribution is 14.1. The van der Waals surface area contributed by atoms with Crippen LogP contribution in [0.2, 0.25) is 0 Å². The molecule has 0 saturated carbocycles. The van der Waals surface area contributed by atoms with Gasteiger partial charge in [0.1, 0.15) is 5.75 Å². The molecule has 0 amide bonds. The monoisotopic (exact) mass is 437 g/mol. The van der Waals surface area contributed by atoms with Gasteiger partial charge in [-0.1, -0.05) is 6.07 Å². The number of rotatable bonds is 4. The van der Waals surface area contributed by atoms with E-state index in [4.69, 9.17) is 4.74 Å². The SMILES string of the molecule is CNC(c1csc(I)c1)c1ccc(OC)c(Br)c1. The largest absolute Gasteiger partial charge is 0.496 e. The number of methoxy groups -OCH3 is 1. The van der Waals surface area contributed by atoms with Crippen molar-refractivity contribution in [3.63, 3.8) is 0 Å². The number of ether oxygens (including phenoxy) is 1. The van der Waals surface area contributed by atoms with Gasteiger partial charge in [0, 0.05) is 0 Å². The number of hydrogen-bond acceptors (Lipinski definition) is 3. The van der Waals surface area contributed by atoms with Crippen molar-refractivity contribution in [1.82, 2.24) is 5.32 Å². The Morgan fingerprint density at radius 1 is 1.33 bits per heavy atom. The van der Waals surface area contributed by atoms with Crippen LogP contribution in [0, 0.1) is 2.88 Å². The lowest BCUT2D eigenvalue weighted by Gasteiger charge is -2.16. The molecule has 2 aromatic rings. The van der Waals surface area contributed by atoms with Crippen LogP contribution >= 0.6 is 49.9 Å². The van der Waals surface area contributed by atoms with E-state index in [1.807, 2.05) is 13.1 Å². The van der Waals surface area contributed by atoms with Crippen LogP contribution in [0.3, 0.4) is 0 Å². The molecule has 2 nitrogen and oxygen atoms in total. The van der Waals surface area contributed by atoms with E-state index in [0.717, 1.165) is 10.2 Å². The molecular formula is C13H13BrINOS. The number of halogens is 2. The van der Waals surface area contributed by atoms with Gasteiger partial charge in [0.2, 0.25) is 0 Å². The van der Waals surface area contributed by atoms with E-state index in [9.17, 15) is 0 Å². The molecule has 0 fully saturated rings. The van der Waals surface area contributed by atoms with Crippen molar-refractivity contribution in [3.05, 3.63) is 48.1 Å². The number of nitrogens with one attached hydrogen (secondary N) is 1. The van der Waals surface area contributed by atoms with Crippen LogP contribution in [-0.4, -0.2) is 14.2 Å². The molecular weight excluding hydrogens is 425 g/mol. The summed E-state index contributed by atoms with van der Waals surface area (Å²) in [6.45, 7) is 0. The van der Waals surface area contributed by atoms with Gasteiger partial charge in [0.05, 0.1) is 20.5 Å². The second-order valence-corrected chi connectivity index (χ2v) is 7.46. The minimum Gasteiger partial charge on any atom is -0.496 e. The Morgan fingerprint density at radius 2 is 2.11 bits per heavy atom. The van der Waals surface area contributed by atoms with Gasteiger partial charge in [-0.2, -0.15) is 0 Å². The van der Waals surface area contributed by atoms with Crippen molar-refractivity contribution in [1.29, 1.82) is 0 Å². The van der Waals surface area contributed by atoms with Crippen molar-refractivity contribution in [3.8, 4) is 5.75 Å². The molecule has 5 heteroatoms. The van der Waals surface area contributed by atoms with Gasteiger partial charge in [-0.15, -0.1) is 11.3 Å². The summed E-state index contributed by atoms with van der Waals surface area (Å²) in [4.78, 5) is 0. The van der Waals surface area contributed by atoms with E-state index in [-0.39, 0.29) is 6.04 Å². The summed E-state index contributed by atoms with van der Waals surface area (Å²) in [6.07, 6.45) is 0. The highest BCUT2D eigenvalue weighted by Gasteiger charge is 2.14. The zero-order valence-electron chi connectivity index (χ0n) is 10.0. The second kappa shape index (κ2) is 6.36. The van der Waals surface area contributed by atoms with E-state index >= 15 is 0 Å². The highest BCUT2D eigenvalue weighted by Crippen LogP contribution is 2.32. The van der Waals surface area contributed by atoms with Crippen molar-refractivity contribution in [2.45, 2.75) is 6.04 Å². The lowest BCUT2D eigenvalue weighted by molar-refractivity contribution is 0.412. The average molecular weight is 438 g/mol. The smallest absolute Gasteiger partial charge is 0.133 e. The molecule has 0 bridgehead atoms. The average Bonchev–Trinajstić information content (AvgIpc) is 2.77. The molecule has 1 heterocycles. The normalized spacial score (nSPS) is 12.4. The first-order chi connectivity index (χ1) is 8.65. The minimum atomic E-state index is 0.215. The van der Waals surface area contributed by atoms with Crippen LogP contribution in [0.25, 0.3) is 0 Å². The van der Waals surface area contributed by atoms with E-state index in [1.54, 1.807) is 18.4 Å². The molecule has 0 aliphatic rings. The summed E-state index contributed by atoms with van der Waals surface area (Å²) in [5.74, 6) is 0.855.